The van der Waals surface area contributed by atoms with E-state index in [1.54, 1.807) is 36.5 Å². The number of nitrogen functional groups attached to an aromatic ring is 1. The van der Waals surface area contributed by atoms with Crippen molar-refractivity contribution in [2.75, 3.05) is 31.9 Å². The Labute approximate surface area is 201 Å². The summed E-state index contributed by atoms with van der Waals surface area (Å²) in [5.74, 6) is -1.23. The second kappa shape index (κ2) is 10.8. The summed E-state index contributed by atoms with van der Waals surface area (Å²) >= 11 is 5.86. The molecule has 1 aliphatic heterocycles. The first kappa shape index (κ1) is 23.9. The molecule has 3 aromatic rings. The number of benzene rings is 2. The van der Waals surface area contributed by atoms with Crippen LogP contribution in [0, 0.1) is 11.6 Å². The second-order valence-corrected chi connectivity index (χ2v) is 8.48. The van der Waals surface area contributed by atoms with E-state index in [1.165, 1.54) is 12.8 Å². The molecule has 0 aliphatic carbocycles. The Morgan fingerprint density at radius 1 is 1.09 bits per heavy atom. The van der Waals surface area contributed by atoms with E-state index in [0.717, 1.165) is 37.3 Å². The Hall–Kier alpha value is -3.23. The minimum atomic E-state index is -0.735. The molecule has 1 amide bonds. The molecular weight excluding hydrogens is 462 g/mol. The molecule has 3 N–H and O–H groups in total. The summed E-state index contributed by atoms with van der Waals surface area (Å²) < 4.78 is 33.3. The van der Waals surface area contributed by atoms with Gasteiger partial charge < -0.3 is 20.7 Å². The number of hydrogen-bond donors (Lipinski definition) is 2. The van der Waals surface area contributed by atoms with Crippen LogP contribution in [0.1, 0.15) is 28.8 Å². The van der Waals surface area contributed by atoms with Crippen LogP contribution in [0.3, 0.4) is 0 Å². The van der Waals surface area contributed by atoms with Gasteiger partial charge in [-0.15, -0.1) is 0 Å². The molecule has 0 radical (unpaired) electrons. The topological polar surface area (TPSA) is 80.5 Å². The number of nitrogens with zero attached hydrogens (tertiary/aromatic N) is 2. The molecule has 0 spiro atoms. The van der Waals surface area contributed by atoms with Crippen LogP contribution in [-0.2, 0) is 6.61 Å². The number of carbonyl (C=O) groups excluding carboxylic acids is 1. The summed E-state index contributed by atoms with van der Waals surface area (Å²) in [6, 6.07) is 10.7. The molecule has 0 saturated carbocycles. The molecule has 6 nitrogen and oxygen atoms in total. The maximum Gasteiger partial charge on any atom is 0.251 e. The van der Waals surface area contributed by atoms with Gasteiger partial charge in [0.05, 0.1) is 5.02 Å². The van der Waals surface area contributed by atoms with Gasteiger partial charge in [0.15, 0.2) is 11.6 Å². The van der Waals surface area contributed by atoms with Gasteiger partial charge in [-0.05, 0) is 61.8 Å². The summed E-state index contributed by atoms with van der Waals surface area (Å²) in [6.45, 7) is 3.34. The average Bonchev–Trinajstić information content (AvgIpc) is 3.36. The Kier molecular flexibility index (Phi) is 7.59. The Balaban J connectivity index is 1.41. The third-order valence-electron chi connectivity index (χ3n) is 5.79. The molecule has 4 rings (SSSR count). The fourth-order valence-corrected chi connectivity index (χ4v) is 4.04. The molecule has 1 aliphatic rings. The molecule has 1 aromatic heterocycles. The molecule has 9 heteroatoms. The molecule has 34 heavy (non-hydrogen) atoms. The lowest BCUT2D eigenvalue weighted by atomic mass is 10.0. The number of nitrogens with one attached hydrogen (secondary N) is 1. The highest BCUT2D eigenvalue weighted by molar-refractivity contribution is 6.31. The fraction of sp³-hybridized carbons (Fsp3) is 0.280. The zero-order valence-corrected chi connectivity index (χ0v) is 19.2. The lowest BCUT2D eigenvalue weighted by Crippen LogP contribution is -2.33. The van der Waals surface area contributed by atoms with Gasteiger partial charge in [-0.3, -0.25) is 4.79 Å². The molecule has 2 aromatic carbocycles. The van der Waals surface area contributed by atoms with Gasteiger partial charge in [0.1, 0.15) is 18.2 Å². The van der Waals surface area contributed by atoms with Gasteiger partial charge in [0.2, 0.25) is 0 Å². The number of anilines is 1. The van der Waals surface area contributed by atoms with Crippen molar-refractivity contribution in [1.82, 2.24) is 15.2 Å². The maximum atomic E-state index is 14.0. The van der Waals surface area contributed by atoms with Crippen molar-refractivity contribution >= 4 is 23.3 Å². The van der Waals surface area contributed by atoms with E-state index in [9.17, 15) is 13.6 Å². The van der Waals surface area contributed by atoms with Crippen molar-refractivity contribution in [3.63, 3.8) is 0 Å². The number of pyridine rings is 1. The zero-order valence-electron chi connectivity index (χ0n) is 18.5. The number of aromatic nitrogens is 1. The van der Waals surface area contributed by atoms with E-state index in [4.69, 9.17) is 22.1 Å². The third kappa shape index (κ3) is 5.63. The third-order valence-corrected chi connectivity index (χ3v) is 6.19. The van der Waals surface area contributed by atoms with E-state index in [1.807, 2.05) is 0 Å². The van der Waals surface area contributed by atoms with Gasteiger partial charge in [-0.25, -0.2) is 13.8 Å². The minimum Gasteiger partial charge on any atom is -0.485 e. The number of likely N-dealkylation sites (tertiary alicyclic amines) is 1. The van der Waals surface area contributed by atoms with Crippen molar-refractivity contribution in [1.29, 1.82) is 0 Å². The quantitative estimate of drug-likeness (QED) is 0.452. The molecule has 0 atom stereocenters. The van der Waals surface area contributed by atoms with E-state index >= 15 is 0 Å². The molecular formula is C25H25ClF2N4O2. The van der Waals surface area contributed by atoms with Gasteiger partial charge >= 0.3 is 0 Å². The van der Waals surface area contributed by atoms with E-state index in [-0.39, 0.29) is 34.7 Å². The minimum absolute atomic E-state index is 0.102. The van der Waals surface area contributed by atoms with Gasteiger partial charge in [-0.2, -0.15) is 0 Å². The number of nitrogens with two attached hydrogens (primary N) is 1. The summed E-state index contributed by atoms with van der Waals surface area (Å²) in [4.78, 5) is 18.9. The van der Waals surface area contributed by atoms with Gasteiger partial charge in [0, 0.05) is 36.0 Å². The average molecular weight is 487 g/mol. The normalized spacial score (nSPS) is 13.7. The van der Waals surface area contributed by atoms with E-state index < -0.39 is 11.6 Å². The zero-order chi connectivity index (χ0) is 24.1. The van der Waals surface area contributed by atoms with E-state index in [2.05, 4.69) is 15.2 Å². The first-order valence-corrected chi connectivity index (χ1v) is 11.4. The van der Waals surface area contributed by atoms with Crippen molar-refractivity contribution in [3.8, 4) is 16.9 Å². The number of carbonyl (C=O) groups is 1. The number of ether oxygens (including phenoxy) is 1. The lowest BCUT2D eigenvalue weighted by molar-refractivity contribution is 0.0949. The van der Waals surface area contributed by atoms with E-state index in [0.29, 0.717) is 17.7 Å². The van der Waals surface area contributed by atoms with Crippen LogP contribution in [0.4, 0.5) is 14.6 Å². The van der Waals surface area contributed by atoms with Crippen LogP contribution >= 0.6 is 11.6 Å². The van der Waals surface area contributed by atoms with Crippen molar-refractivity contribution in [2.45, 2.75) is 19.4 Å². The summed E-state index contributed by atoms with van der Waals surface area (Å²) in [5.41, 5.74) is 7.83. The molecule has 0 bridgehead atoms. The predicted molar refractivity (Wildman–Crippen MR) is 128 cm³/mol. The molecule has 1 fully saturated rings. The largest absolute Gasteiger partial charge is 0.485 e. The molecule has 0 unspecified atom stereocenters. The Bertz CT molecular complexity index is 1170. The number of hydrogen-bond acceptors (Lipinski definition) is 5. The first-order valence-electron chi connectivity index (χ1n) is 11.0. The fourth-order valence-electron chi connectivity index (χ4n) is 3.83. The maximum absolute atomic E-state index is 14.0. The van der Waals surface area contributed by atoms with Crippen LogP contribution in [0.2, 0.25) is 5.02 Å². The second-order valence-electron chi connectivity index (χ2n) is 8.10. The Morgan fingerprint density at radius 3 is 2.53 bits per heavy atom. The SMILES string of the molecule is Nc1ncc(-c2ccc(C(=O)NCCN3CCCC3)cc2)cc1OCc1c(F)ccc(F)c1Cl. The first-order chi connectivity index (χ1) is 16.4. The van der Waals surface area contributed by atoms with Gasteiger partial charge in [-0.1, -0.05) is 23.7 Å². The lowest BCUT2D eigenvalue weighted by Gasteiger charge is -2.14. The number of rotatable bonds is 8. The molecule has 1 saturated heterocycles. The Morgan fingerprint density at radius 2 is 1.79 bits per heavy atom. The highest BCUT2D eigenvalue weighted by atomic mass is 35.5. The number of halogens is 3. The monoisotopic (exact) mass is 486 g/mol. The molecule has 2 heterocycles. The predicted octanol–water partition coefficient (Wildman–Crippen LogP) is 4.67. The summed E-state index contributed by atoms with van der Waals surface area (Å²) in [7, 11) is 0. The van der Waals surface area contributed by atoms with Gasteiger partial charge in [0.25, 0.3) is 5.91 Å². The standard InChI is InChI=1S/C25H25ClF2N4O2/c26-23-19(20(27)7-8-21(23)28)15-34-22-13-18(14-31-24(22)29)16-3-5-17(6-4-16)25(33)30-9-12-32-10-1-2-11-32/h3-8,13-14H,1-2,9-12,15H2,(H2,29,31)(H,30,33). The smallest absolute Gasteiger partial charge is 0.251 e. The van der Waals surface area contributed by atoms with Crippen molar-refractivity contribution < 1.29 is 18.3 Å². The highest BCUT2D eigenvalue weighted by Gasteiger charge is 2.15. The summed E-state index contributed by atoms with van der Waals surface area (Å²) in [5, 5.41) is 2.61. The van der Waals surface area contributed by atoms with Crippen LogP contribution in [-0.4, -0.2) is 42.0 Å². The number of amides is 1. The van der Waals surface area contributed by atoms with Crippen LogP contribution in [0.25, 0.3) is 11.1 Å². The van der Waals surface area contributed by atoms with Crippen LogP contribution in [0.5, 0.6) is 5.75 Å². The van der Waals surface area contributed by atoms with Crippen molar-refractivity contribution in [2.24, 2.45) is 0 Å². The van der Waals surface area contributed by atoms with Crippen molar-refractivity contribution in [3.05, 3.63) is 76.4 Å². The highest BCUT2D eigenvalue weighted by Crippen LogP contribution is 2.30. The molecule has 178 valence electrons. The van der Waals surface area contributed by atoms with Crippen LogP contribution in [0.15, 0.2) is 48.7 Å². The summed E-state index contributed by atoms with van der Waals surface area (Å²) in [6.07, 6.45) is 4.01. The van der Waals surface area contributed by atoms with Crippen LogP contribution < -0.4 is 15.8 Å².